The van der Waals surface area contributed by atoms with Crippen molar-refractivity contribution in [3.63, 3.8) is 0 Å². The van der Waals surface area contributed by atoms with Crippen molar-refractivity contribution in [2.75, 3.05) is 26.8 Å². The van der Waals surface area contributed by atoms with Crippen molar-refractivity contribution in [3.8, 4) is 0 Å². The first-order valence-corrected chi connectivity index (χ1v) is 7.18. The predicted octanol–water partition coefficient (Wildman–Crippen LogP) is 2.21. The minimum absolute atomic E-state index is 0.0362. The Labute approximate surface area is 120 Å². The Hall–Kier alpha value is -1.62. The summed E-state index contributed by atoms with van der Waals surface area (Å²) < 4.78 is 5.32. The van der Waals surface area contributed by atoms with Crippen molar-refractivity contribution in [3.05, 3.63) is 30.1 Å². The van der Waals surface area contributed by atoms with Crippen LogP contribution in [0.4, 0.5) is 4.79 Å². The maximum absolute atomic E-state index is 12.2. The Morgan fingerprint density at radius 1 is 1.50 bits per heavy atom. The van der Waals surface area contributed by atoms with Crippen LogP contribution in [0.2, 0.25) is 0 Å². The zero-order valence-electron chi connectivity index (χ0n) is 12.2. The molecule has 1 unspecified atom stereocenters. The molecule has 1 atom stereocenters. The lowest BCUT2D eigenvalue weighted by Crippen LogP contribution is -2.41. The van der Waals surface area contributed by atoms with Crippen LogP contribution in [-0.4, -0.2) is 42.7 Å². The summed E-state index contributed by atoms with van der Waals surface area (Å²) in [6.45, 7) is 4.32. The normalized spacial score (nSPS) is 17.5. The van der Waals surface area contributed by atoms with E-state index in [1.54, 1.807) is 18.1 Å². The molecule has 0 saturated carbocycles. The Balaban J connectivity index is 1.82. The van der Waals surface area contributed by atoms with E-state index in [1.165, 1.54) is 0 Å². The predicted molar refractivity (Wildman–Crippen MR) is 77.4 cm³/mol. The first-order chi connectivity index (χ1) is 9.68. The van der Waals surface area contributed by atoms with Gasteiger partial charge in [0.15, 0.2) is 0 Å². The fourth-order valence-electron chi connectivity index (χ4n) is 2.30. The van der Waals surface area contributed by atoms with E-state index >= 15 is 0 Å². The van der Waals surface area contributed by atoms with Gasteiger partial charge >= 0.3 is 6.03 Å². The Bertz CT molecular complexity index is 418. The van der Waals surface area contributed by atoms with Crippen LogP contribution in [0.3, 0.4) is 0 Å². The molecule has 0 radical (unpaired) electrons. The van der Waals surface area contributed by atoms with Crippen molar-refractivity contribution >= 4 is 6.03 Å². The average molecular weight is 277 g/mol. The van der Waals surface area contributed by atoms with Crippen LogP contribution in [-0.2, 0) is 4.74 Å². The van der Waals surface area contributed by atoms with Gasteiger partial charge in [-0.1, -0.05) is 6.07 Å². The van der Waals surface area contributed by atoms with E-state index in [0.717, 1.165) is 38.3 Å². The second-order valence-electron chi connectivity index (χ2n) is 5.28. The molecule has 0 aliphatic carbocycles. The Morgan fingerprint density at radius 2 is 2.25 bits per heavy atom. The van der Waals surface area contributed by atoms with Crippen molar-refractivity contribution in [2.45, 2.75) is 25.8 Å². The molecule has 1 fully saturated rings. The van der Waals surface area contributed by atoms with Crippen molar-refractivity contribution in [1.29, 1.82) is 0 Å². The number of ether oxygens (including phenoxy) is 1. The summed E-state index contributed by atoms with van der Waals surface area (Å²) in [7, 11) is 1.80. The number of hydrogen-bond donors (Lipinski definition) is 1. The lowest BCUT2D eigenvalue weighted by molar-refractivity contribution is 0.0663. The molecule has 1 aromatic heterocycles. The first kappa shape index (κ1) is 14.8. The van der Waals surface area contributed by atoms with Gasteiger partial charge in [-0.15, -0.1) is 0 Å². The number of carbonyl (C=O) groups is 1. The third kappa shape index (κ3) is 3.93. The van der Waals surface area contributed by atoms with Gasteiger partial charge in [0.25, 0.3) is 0 Å². The van der Waals surface area contributed by atoms with E-state index in [0.29, 0.717) is 5.92 Å². The molecule has 1 aliphatic heterocycles. The standard InChI is InChI=1S/C15H23N3O2/c1-12(14-5-3-4-8-16-14)18(2)15(19)17-11-13-6-9-20-10-7-13/h3-5,8,12-13H,6-7,9-11H2,1-2H3,(H,17,19). The van der Waals surface area contributed by atoms with Gasteiger partial charge in [0.05, 0.1) is 11.7 Å². The van der Waals surface area contributed by atoms with Gasteiger partial charge in [-0.05, 0) is 37.8 Å². The topological polar surface area (TPSA) is 54.5 Å². The summed E-state index contributed by atoms with van der Waals surface area (Å²) in [5.41, 5.74) is 0.899. The zero-order valence-corrected chi connectivity index (χ0v) is 12.2. The number of urea groups is 1. The zero-order chi connectivity index (χ0) is 14.4. The van der Waals surface area contributed by atoms with Crippen molar-refractivity contribution < 1.29 is 9.53 Å². The van der Waals surface area contributed by atoms with Crippen LogP contribution in [0, 0.1) is 5.92 Å². The molecule has 0 spiro atoms. The molecule has 2 rings (SSSR count). The number of carbonyl (C=O) groups excluding carboxylic acids is 1. The quantitative estimate of drug-likeness (QED) is 0.918. The van der Waals surface area contributed by atoms with E-state index in [-0.39, 0.29) is 12.1 Å². The van der Waals surface area contributed by atoms with Gasteiger partial charge in [-0.25, -0.2) is 4.79 Å². The van der Waals surface area contributed by atoms with E-state index in [2.05, 4.69) is 10.3 Å². The summed E-state index contributed by atoms with van der Waals surface area (Å²) in [5, 5.41) is 3.01. The molecule has 2 amide bonds. The van der Waals surface area contributed by atoms with Crippen LogP contribution in [0.15, 0.2) is 24.4 Å². The van der Waals surface area contributed by atoms with Crippen LogP contribution in [0.25, 0.3) is 0 Å². The van der Waals surface area contributed by atoms with Crippen LogP contribution >= 0.6 is 0 Å². The third-order valence-electron chi connectivity index (χ3n) is 3.90. The maximum Gasteiger partial charge on any atom is 0.317 e. The summed E-state index contributed by atoms with van der Waals surface area (Å²) >= 11 is 0. The smallest absolute Gasteiger partial charge is 0.317 e. The van der Waals surface area contributed by atoms with Gasteiger partial charge in [-0.2, -0.15) is 0 Å². The summed E-state index contributed by atoms with van der Waals surface area (Å²) in [6, 6.07) is 5.67. The van der Waals surface area contributed by atoms with Gasteiger partial charge in [0.1, 0.15) is 0 Å². The number of nitrogens with one attached hydrogen (secondary N) is 1. The van der Waals surface area contributed by atoms with Crippen molar-refractivity contribution in [1.82, 2.24) is 15.2 Å². The summed E-state index contributed by atoms with van der Waals surface area (Å²) in [4.78, 5) is 18.1. The maximum atomic E-state index is 12.2. The molecule has 1 saturated heterocycles. The van der Waals surface area contributed by atoms with Gasteiger partial charge in [0, 0.05) is 33.0 Å². The van der Waals surface area contributed by atoms with E-state index < -0.39 is 0 Å². The molecule has 1 aromatic rings. The van der Waals surface area contributed by atoms with E-state index in [4.69, 9.17) is 4.74 Å². The number of aromatic nitrogens is 1. The van der Waals surface area contributed by atoms with Crippen LogP contribution < -0.4 is 5.32 Å². The Kier molecular flexibility index (Phi) is 5.35. The molecule has 1 N–H and O–H groups in total. The van der Waals surface area contributed by atoms with Crippen LogP contribution in [0.5, 0.6) is 0 Å². The SMILES string of the molecule is CC(c1ccccn1)N(C)C(=O)NCC1CCOCC1. The van der Waals surface area contributed by atoms with Gasteiger partial charge < -0.3 is 15.0 Å². The molecular weight excluding hydrogens is 254 g/mol. The number of nitrogens with zero attached hydrogens (tertiary/aromatic N) is 2. The first-order valence-electron chi connectivity index (χ1n) is 7.18. The molecule has 1 aliphatic rings. The molecular formula is C15H23N3O2. The molecule has 0 aromatic carbocycles. The lowest BCUT2D eigenvalue weighted by Gasteiger charge is -2.27. The number of amides is 2. The number of rotatable bonds is 4. The second kappa shape index (κ2) is 7.24. The molecule has 5 heteroatoms. The largest absolute Gasteiger partial charge is 0.381 e. The highest BCUT2D eigenvalue weighted by Crippen LogP contribution is 2.17. The van der Waals surface area contributed by atoms with E-state index in [9.17, 15) is 4.79 Å². The van der Waals surface area contributed by atoms with Gasteiger partial charge in [-0.3, -0.25) is 4.98 Å². The monoisotopic (exact) mass is 277 g/mol. The number of pyridine rings is 1. The molecule has 0 bridgehead atoms. The lowest BCUT2D eigenvalue weighted by atomic mass is 10.0. The molecule has 5 nitrogen and oxygen atoms in total. The van der Waals surface area contributed by atoms with E-state index in [1.807, 2.05) is 25.1 Å². The fourth-order valence-corrected chi connectivity index (χ4v) is 2.30. The average Bonchev–Trinajstić information content (AvgIpc) is 2.53. The molecule has 2 heterocycles. The minimum Gasteiger partial charge on any atom is -0.381 e. The molecule has 110 valence electrons. The van der Waals surface area contributed by atoms with Gasteiger partial charge in [0.2, 0.25) is 0 Å². The highest BCUT2D eigenvalue weighted by atomic mass is 16.5. The number of hydrogen-bond acceptors (Lipinski definition) is 3. The summed E-state index contributed by atoms with van der Waals surface area (Å²) in [6.07, 6.45) is 3.80. The third-order valence-corrected chi connectivity index (χ3v) is 3.90. The fraction of sp³-hybridized carbons (Fsp3) is 0.600. The highest BCUT2D eigenvalue weighted by Gasteiger charge is 2.20. The second-order valence-corrected chi connectivity index (χ2v) is 5.28. The molecule has 20 heavy (non-hydrogen) atoms. The summed E-state index contributed by atoms with van der Waals surface area (Å²) in [5.74, 6) is 0.534. The highest BCUT2D eigenvalue weighted by molar-refractivity contribution is 5.74. The van der Waals surface area contributed by atoms with Crippen LogP contribution in [0.1, 0.15) is 31.5 Å². The van der Waals surface area contributed by atoms with Crippen molar-refractivity contribution in [2.24, 2.45) is 5.92 Å². The minimum atomic E-state index is -0.0466. The Morgan fingerprint density at radius 3 is 2.90 bits per heavy atom.